The molecule has 145 heavy (non-hydrogen) atoms. The number of ether oxygens (including phenoxy) is 14. The van der Waals surface area contributed by atoms with E-state index in [1.165, 1.54) is 59.3 Å². The van der Waals surface area contributed by atoms with Crippen molar-refractivity contribution in [3.8, 4) is 0 Å². The van der Waals surface area contributed by atoms with E-state index in [1.807, 2.05) is 125 Å². The van der Waals surface area contributed by atoms with Crippen LogP contribution < -0.4 is 21.3 Å². The van der Waals surface area contributed by atoms with Crippen molar-refractivity contribution in [2.24, 2.45) is 35.5 Å². The number of benzene rings is 1. The lowest BCUT2D eigenvalue weighted by atomic mass is 9.79. The van der Waals surface area contributed by atoms with E-state index in [0.717, 1.165) is 31.2 Å². The summed E-state index contributed by atoms with van der Waals surface area (Å²) in [5, 5.41) is 64.2. The van der Waals surface area contributed by atoms with E-state index in [9.17, 15) is 72.2 Å². The summed E-state index contributed by atoms with van der Waals surface area (Å²) in [7, 11) is 14.1. The average molecular weight is 2090 g/mol. The maximum Gasteiger partial charge on any atom is 0.329 e. The maximum atomic E-state index is 14.5. The zero-order chi connectivity index (χ0) is 109. The van der Waals surface area contributed by atoms with Crippen molar-refractivity contribution in [2.75, 3.05) is 149 Å². The molecular formula is C102H178N8O34S. The lowest BCUT2D eigenvalue weighted by Gasteiger charge is -2.41. The highest BCUT2D eigenvalue weighted by Gasteiger charge is 2.46. The van der Waals surface area contributed by atoms with Gasteiger partial charge in [-0.1, -0.05) is 120 Å². The number of thioether (sulfide) groups is 1. The molecule has 2 aliphatic heterocycles. The molecule has 2 heterocycles. The number of carbonyl (C=O) groups is 14. The highest BCUT2D eigenvalue weighted by atomic mass is 32.2. The Morgan fingerprint density at radius 1 is 0.545 bits per heavy atom. The van der Waals surface area contributed by atoms with Crippen LogP contribution in [0.3, 0.4) is 0 Å². The standard InChI is InChI=1S/C55H94N6O14.C28H46N2O9S.C12H22O7.C7H16O4/c1-16-36(7)50(60(12)54(68)48(34(3)4)58-53(67)49(35(5)6)59(10)11)43(70-13)30-45(64)61-28-22-25-42(61)51(72-15)38(9)52(66)57-41(29-39-23-19-18-20-24-39)55(69)74-37(8)31-56-44(63)26-21-27-46(65)73-33-47(71-14)75-40(17-2)32-62;1-4-21(39-27(17-31)37-3)18-38-26(35)8-6-7-24(33)29-13-14-40-23-15-25(34)30(28(23)36)16-19-9-11-20(12-10-19)22(32)5-2;1-3-9(7-13)19-12(17-2)8-18-11(16)6-4-5-10(14)15;1-3-6(4-8)11-7(5-9)10-2/h18-20,23-24,34-38,40-43,47-51,62H,16-17,21-22,25-33H2,1-15H3,(H,56,63)(H,57,66)(H,58,67);19-21,23,27,31H,4-18H2,1-3H3,(H,29,33);9,12-13H,3-8H2,1-2H3,(H,14,15);6-9H,3-5H2,1-2H3/t36-,37?,38+,40?,41-,42-,43+,47?,48-,49-,50-,51+;;;/m0.../s1. The molecule has 1 aromatic rings. The van der Waals surface area contributed by atoms with Crippen LogP contribution in [-0.4, -0.2) is 385 Å². The number of hydrogen-bond acceptors (Lipinski definition) is 35. The summed E-state index contributed by atoms with van der Waals surface area (Å²) < 4.78 is 74.5. The van der Waals surface area contributed by atoms with E-state index in [1.54, 1.807) is 30.7 Å². The van der Waals surface area contributed by atoms with Crippen molar-refractivity contribution in [2.45, 2.75) is 347 Å². The number of ketones is 1. The Balaban J connectivity index is 0.00000123. The minimum absolute atomic E-state index is 0.00787. The lowest BCUT2D eigenvalue weighted by Crippen LogP contribution is -2.59. The third-order valence-corrected chi connectivity index (χ3v) is 26.7. The number of likely N-dealkylation sites (N-methyl/N-ethyl adjacent to an activating group) is 2. The molecule has 1 aromatic carbocycles. The van der Waals surface area contributed by atoms with Gasteiger partial charge in [0.25, 0.3) is 0 Å². The number of carbonyl (C=O) groups excluding carboxylic acids is 13. The number of imide groups is 1. The zero-order valence-electron chi connectivity index (χ0n) is 90.1. The number of amides is 8. The minimum Gasteiger partial charge on any atom is -0.481 e. The topological polar surface area (TPSA) is 551 Å². The molecule has 1 saturated carbocycles. The summed E-state index contributed by atoms with van der Waals surface area (Å²) in [6.07, 6.45) is 2.89. The van der Waals surface area contributed by atoms with Gasteiger partial charge in [-0.3, -0.25) is 72.1 Å². The van der Waals surface area contributed by atoms with E-state index in [0.29, 0.717) is 89.0 Å². The Bertz CT molecular complexity index is 3820. The molecule has 4 rings (SSSR count). The van der Waals surface area contributed by atoms with Crippen LogP contribution in [0.15, 0.2) is 30.3 Å². The lowest BCUT2D eigenvalue weighted by molar-refractivity contribution is -0.194. The molecule has 10 N–H and O–H groups in total. The molecule has 0 bridgehead atoms. The van der Waals surface area contributed by atoms with E-state index in [-0.39, 0.29) is 213 Å². The number of carboxylic acids is 1. The molecule has 2 saturated heterocycles. The molecule has 8 amide bonds. The number of aliphatic carboxylic acids is 1. The molecule has 19 atom stereocenters. The fourth-order valence-electron chi connectivity index (χ4n) is 16.6. The van der Waals surface area contributed by atoms with Gasteiger partial charge in [0.2, 0.25) is 47.3 Å². The number of likely N-dealkylation sites (tertiary alicyclic amines) is 2. The second-order valence-corrected chi connectivity index (χ2v) is 38.6. The number of nitrogens with zero attached hydrogens (tertiary/aromatic N) is 4. The van der Waals surface area contributed by atoms with Crippen LogP contribution >= 0.6 is 11.8 Å². The van der Waals surface area contributed by atoms with Gasteiger partial charge in [-0.25, -0.2) is 4.79 Å². The van der Waals surface area contributed by atoms with Gasteiger partial charge < -0.3 is 128 Å². The van der Waals surface area contributed by atoms with Gasteiger partial charge in [0.15, 0.2) is 25.2 Å². The van der Waals surface area contributed by atoms with Crippen molar-refractivity contribution in [1.82, 2.24) is 40.9 Å². The first-order valence-electron chi connectivity index (χ1n) is 51.1. The molecule has 42 nitrogen and oxygen atoms in total. The van der Waals surface area contributed by atoms with Gasteiger partial charge in [-0.15, -0.1) is 11.8 Å². The molecule has 3 fully saturated rings. The number of carboxylic acid groups (broad SMARTS) is 1. The molecule has 0 spiro atoms. The molecule has 10 unspecified atom stereocenters. The second kappa shape index (κ2) is 77.3. The van der Waals surface area contributed by atoms with E-state index >= 15 is 0 Å². The quantitative estimate of drug-likeness (QED) is 0.0111. The first-order chi connectivity index (χ1) is 69.0. The first kappa shape index (κ1) is 135. The number of rotatable bonds is 71. The fraction of sp³-hybridized carbons (Fsp3) is 0.804. The van der Waals surface area contributed by atoms with Crippen LogP contribution in [0, 0.1) is 35.5 Å². The summed E-state index contributed by atoms with van der Waals surface area (Å²) in [5.74, 6) is -5.13. The molecule has 1 aliphatic carbocycles. The second-order valence-electron chi connectivity index (χ2n) is 37.3. The van der Waals surface area contributed by atoms with Crippen molar-refractivity contribution in [3.63, 3.8) is 0 Å². The Morgan fingerprint density at radius 3 is 1.49 bits per heavy atom. The summed E-state index contributed by atoms with van der Waals surface area (Å²) >= 11 is 1.38. The number of Topliss-reactive ketones (excluding diaryl/α,β-unsaturated/α-hetero) is 1. The summed E-state index contributed by atoms with van der Waals surface area (Å²) in [4.78, 5) is 185. The number of nitrogens with one attached hydrogen (secondary N) is 4. The van der Waals surface area contributed by atoms with Crippen LogP contribution in [0.1, 0.15) is 243 Å². The van der Waals surface area contributed by atoms with Crippen LogP contribution in [-0.2, 0) is 140 Å². The number of esters is 4. The molecular weight excluding hydrogens is 1910 g/mol. The summed E-state index contributed by atoms with van der Waals surface area (Å²) in [5.41, 5.74) is 0.771. The van der Waals surface area contributed by atoms with Gasteiger partial charge in [-0.2, -0.15) is 0 Å². The van der Waals surface area contributed by atoms with Crippen LogP contribution in [0.5, 0.6) is 0 Å². The third kappa shape index (κ3) is 52.8. The molecule has 0 radical (unpaired) electrons. The van der Waals surface area contributed by atoms with Crippen LogP contribution in [0.25, 0.3) is 0 Å². The predicted octanol–water partition coefficient (Wildman–Crippen LogP) is 6.39. The Labute approximate surface area is 862 Å². The van der Waals surface area contributed by atoms with Crippen molar-refractivity contribution in [3.05, 3.63) is 35.9 Å². The summed E-state index contributed by atoms with van der Waals surface area (Å²) in [6, 6.07) is 5.78. The Hall–Kier alpha value is -8.09. The normalized spacial score (nSPS) is 18.7. The SMILES string of the molecule is CCC(=O)C1CCC(CN2C(=O)CC(SCCNC(=O)CCCC(=O)OCC(CC)OC(CO)OC)C2=O)CC1.CCC(CO)OC(CO)OC.CCC(CO)OC(COC(=O)CCCC(=O)NCC(C)OC(=O)[C@H](Cc1ccccc1)NC(=O)[C@H](C)[C@@H](OC)[C@@H]1CCCN1C(=O)C[C@@H](OC)[C@H]([C@@H](C)CC)N(C)C(=O)[C@@H](NC(=O)[C@H](C(C)C)N(C)C)C(C)C)OC.CCC(CO)OC(COC(=O)CCCC(=O)O)OC. The first-order valence-corrected chi connectivity index (χ1v) is 52.2. The molecule has 3 aliphatic rings. The third-order valence-electron chi connectivity index (χ3n) is 25.5. The fourth-order valence-corrected chi connectivity index (χ4v) is 17.6. The van der Waals surface area contributed by atoms with Gasteiger partial charge in [0, 0.05) is 139 Å². The van der Waals surface area contributed by atoms with Crippen molar-refractivity contribution < 1.29 is 164 Å². The zero-order valence-corrected chi connectivity index (χ0v) is 91.0. The predicted molar refractivity (Wildman–Crippen MR) is 539 cm³/mol. The highest BCUT2D eigenvalue weighted by molar-refractivity contribution is 8.00. The monoisotopic (exact) mass is 2090 g/mol. The largest absolute Gasteiger partial charge is 0.481 e. The number of methoxy groups -OCH3 is 6. The molecule has 43 heteroatoms. The van der Waals surface area contributed by atoms with E-state index in [4.69, 9.17) is 91.8 Å². The van der Waals surface area contributed by atoms with Gasteiger partial charge >= 0.3 is 29.8 Å². The maximum absolute atomic E-state index is 14.5. The average Bonchev–Trinajstić information content (AvgIpc) is 1.65. The molecule has 0 aromatic heterocycles. The van der Waals surface area contributed by atoms with Gasteiger partial charge in [-0.05, 0) is 134 Å². The Morgan fingerprint density at radius 2 is 1.04 bits per heavy atom. The van der Waals surface area contributed by atoms with Crippen molar-refractivity contribution >= 4 is 94.6 Å². The Kier molecular flexibility index (Phi) is 71.9. The number of aliphatic hydroxyl groups excluding tert-OH is 5. The molecule has 836 valence electrons. The smallest absolute Gasteiger partial charge is 0.329 e. The van der Waals surface area contributed by atoms with E-state index < -0.39 is 133 Å². The summed E-state index contributed by atoms with van der Waals surface area (Å²) in [6.45, 7) is 24.5. The number of aliphatic hydroxyl groups is 5. The van der Waals surface area contributed by atoms with Gasteiger partial charge in [0.05, 0.1) is 112 Å². The number of hydrogen-bond donors (Lipinski definition) is 10. The van der Waals surface area contributed by atoms with E-state index in [2.05, 4.69) is 21.3 Å². The minimum atomic E-state index is -1.11. The van der Waals surface area contributed by atoms with Crippen LogP contribution in [0.2, 0.25) is 0 Å². The highest BCUT2D eigenvalue weighted by Crippen LogP contribution is 2.35. The van der Waals surface area contributed by atoms with Crippen LogP contribution in [0.4, 0.5) is 0 Å². The van der Waals surface area contributed by atoms with Gasteiger partial charge in [0.1, 0.15) is 43.8 Å². The van der Waals surface area contributed by atoms with Crippen molar-refractivity contribution in [1.29, 1.82) is 0 Å².